The highest BCUT2D eigenvalue weighted by atomic mass is 15.4. The van der Waals surface area contributed by atoms with Gasteiger partial charge in [0.15, 0.2) is 0 Å². The standard InChI is InChI=1S/C11H14N10/c1-7-8(5-20(2)19-7)14-9-15-10(18-12)17-11(16-9)21-4-3-13-6-21/h3-6H,12H2,1-2H3,(H2,14,15,16,17,18). The van der Waals surface area contributed by atoms with Crippen LogP contribution in [-0.4, -0.2) is 34.3 Å². The number of nitrogen functional groups attached to an aromatic ring is 1. The predicted octanol–water partition coefficient (Wildman–Crippen LogP) is 0.128. The SMILES string of the molecule is Cc1nn(C)cc1Nc1nc(NN)nc(-n2ccnc2)n1. The van der Waals surface area contributed by atoms with E-state index in [2.05, 4.69) is 35.8 Å². The molecule has 0 aliphatic heterocycles. The molecule has 0 saturated heterocycles. The molecule has 21 heavy (non-hydrogen) atoms. The number of imidazole rings is 1. The average molecular weight is 286 g/mol. The Morgan fingerprint density at radius 2 is 2.00 bits per heavy atom. The Balaban J connectivity index is 1.98. The summed E-state index contributed by atoms with van der Waals surface area (Å²) < 4.78 is 3.36. The van der Waals surface area contributed by atoms with E-state index in [0.29, 0.717) is 11.9 Å². The summed E-state index contributed by atoms with van der Waals surface area (Å²) in [6, 6.07) is 0. The maximum atomic E-state index is 5.40. The fourth-order valence-corrected chi connectivity index (χ4v) is 1.82. The van der Waals surface area contributed by atoms with Crippen molar-refractivity contribution in [3.05, 3.63) is 30.6 Å². The van der Waals surface area contributed by atoms with Crippen LogP contribution in [0.25, 0.3) is 5.95 Å². The Labute approximate surface area is 120 Å². The number of hydrogen-bond donors (Lipinski definition) is 3. The molecule has 0 atom stereocenters. The highest BCUT2D eigenvalue weighted by Gasteiger charge is 2.10. The third kappa shape index (κ3) is 2.65. The zero-order chi connectivity index (χ0) is 14.8. The fourth-order valence-electron chi connectivity index (χ4n) is 1.82. The summed E-state index contributed by atoms with van der Waals surface area (Å²) in [6.45, 7) is 1.89. The van der Waals surface area contributed by atoms with Gasteiger partial charge in [0.1, 0.15) is 6.33 Å². The van der Waals surface area contributed by atoms with E-state index in [0.717, 1.165) is 11.4 Å². The van der Waals surface area contributed by atoms with Crippen LogP contribution in [0.2, 0.25) is 0 Å². The lowest BCUT2D eigenvalue weighted by molar-refractivity contribution is 0.756. The van der Waals surface area contributed by atoms with Crippen LogP contribution in [0, 0.1) is 6.92 Å². The third-order valence-corrected chi connectivity index (χ3v) is 2.75. The lowest BCUT2D eigenvalue weighted by Crippen LogP contribution is -2.14. The number of nitrogens with one attached hydrogen (secondary N) is 2. The summed E-state index contributed by atoms with van der Waals surface area (Å²) in [5.41, 5.74) is 4.06. The largest absolute Gasteiger partial charge is 0.321 e. The minimum Gasteiger partial charge on any atom is -0.321 e. The van der Waals surface area contributed by atoms with Crippen LogP contribution in [0.4, 0.5) is 17.6 Å². The number of nitrogens with zero attached hydrogens (tertiary/aromatic N) is 7. The summed E-state index contributed by atoms with van der Waals surface area (Å²) in [4.78, 5) is 16.6. The van der Waals surface area contributed by atoms with Gasteiger partial charge < -0.3 is 5.32 Å². The molecule has 10 heteroatoms. The minimum atomic E-state index is 0.248. The molecule has 4 N–H and O–H groups in total. The Bertz CT molecular complexity index is 744. The van der Waals surface area contributed by atoms with Crippen LogP contribution in [0.3, 0.4) is 0 Å². The molecule has 10 nitrogen and oxygen atoms in total. The maximum absolute atomic E-state index is 5.40. The summed E-state index contributed by atoms with van der Waals surface area (Å²) in [6.07, 6.45) is 6.80. The summed E-state index contributed by atoms with van der Waals surface area (Å²) >= 11 is 0. The van der Waals surface area contributed by atoms with E-state index in [1.54, 1.807) is 28.0 Å². The third-order valence-electron chi connectivity index (χ3n) is 2.75. The molecule has 3 rings (SSSR count). The summed E-state index contributed by atoms with van der Waals surface area (Å²) in [5.74, 6) is 6.41. The van der Waals surface area contributed by atoms with Crippen molar-refractivity contribution in [2.45, 2.75) is 6.92 Å². The van der Waals surface area contributed by atoms with Crippen molar-refractivity contribution in [1.29, 1.82) is 0 Å². The monoisotopic (exact) mass is 286 g/mol. The predicted molar refractivity (Wildman–Crippen MR) is 76.0 cm³/mol. The van der Waals surface area contributed by atoms with Crippen LogP contribution >= 0.6 is 0 Å². The van der Waals surface area contributed by atoms with E-state index in [-0.39, 0.29) is 5.95 Å². The van der Waals surface area contributed by atoms with Gasteiger partial charge in [0.25, 0.3) is 0 Å². The minimum absolute atomic E-state index is 0.248. The van der Waals surface area contributed by atoms with Crippen LogP contribution < -0.4 is 16.6 Å². The highest BCUT2D eigenvalue weighted by molar-refractivity contribution is 5.56. The van der Waals surface area contributed by atoms with E-state index in [9.17, 15) is 0 Å². The topological polar surface area (TPSA) is 124 Å². The van der Waals surface area contributed by atoms with Gasteiger partial charge in [0.05, 0.1) is 11.4 Å². The first-order chi connectivity index (χ1) is 10.2. The second-order valence-electron chi connectivity index (χ2n) is 4.32. The zero-order valence-electron chi connectivity index (χ0n) is 11.5. The first kappa shape index (κ1) is 13.0. The Hall–Kier alpha value is -3.01. The molecule has 0 radical (unpaired) electrons. The molecular formula is C11H14N10. The van der Waals surface area contributed by atoms with E-state index in [4.69, 9.17) is 5.84 Å². The van der Waals surface area contributed by atoms with E-state index < -0.39 is 0 Å². The van der Waals surface area contributed by atoms with Crippen molar-refractivity contribution in [3.63, 3.8) is 0 Å². The highest BCUT2D eigenvalue weighted by Crippen LogP contribution is 2.17. The smallest absolute Gasteiger partial charge is 0.243 e. The van der Waals surface area contributed by atoms with Gasteiger partial charge in [-0.25, -0.2) is 10.8 Å². The number of anilines is 3. The van der Waals surface area contributed by atoms with Crippen molar-refractivity contribution >= 4 is 17.6 Å². The van der Waals surface area contributed by atoms with Gasteiger partial charge in [-0.2, -0.15) is 20.1 Å². The first-order valence-electron chi connectivity index (χ1n) is 6.14. The van der Waals surface area contributed by atoms with Crippen LogP contribution in [0.5, 0.6) is 0 Å². The molecule has 0 fully saturated rings. The fraction of sp³-hybridized carbons (Fsp3) is 0.182. The van der Waals surface area contributed by atoms with Crippen LogP contribution in [0.15, 0.2) is 24.9 Å². The molecule has 0 aromatic carbocycles. The average Bonchev–Trinajstić information content (AvgIpc) is 3.09. The van der Waals surface area contributed by atoms with Gasteiger partial charge in [-0.3, -0.25) is 14.7 Å². The first-order valence-corrected chi connectivity index (χ1v) is 6.14. The van der Waals surface area contributed by atoms with Crippen molar-refractivity contribution in [2.75, 3.05) is 10.7 Å². The van der Waals surface area contributed by atoms with Gasteiger partial charge in [0, 0.05) is 25.6 Å². The van der Waals surface area contributed by atoms with Gasteiger partial charge in [0.2, 0.25) is 17.8 Å². The van der Waals surface area contributed by atoms with Crippen LogP contribution in [0.1, 0.15) is 5.69 Å². The second-order valence-corrected chi connectivity index (χ2v) is 4.32. The molecule has 0 spiro atoms. The van der Waals surface area contributed by atoms with Gasteiger partial charge >= 0.3 is 0 Å². The van der Waals surface area contributed by atoms with E-state index in [1.165, 1.54) is 0 Å². The quantitative estimate of drug-likeness (QED) is 0.456. The molecule has 0 unspecified atom stereocenters. The Morgan fingerprint density at radius 1 is 1.19 bits per heavy atom. The molecule has 0 bridgehead atoms. The Morgan fingerprint density at radius 3 is 2.62 bits per heavy atom. The molecule has 3 aromatic rings. The number of aromatic nitrogens is 7. The molecule has 0 aliphatic carbocycles. The van der Waals surface area contributed by atoms with Crippen LogP contribution in [-0.2, 0) is 7.05 Å². The number of hydrogen-bond acceptors (Lipinski definition) is 8. The molecule has 108 valence electrons. The number of aryl methyl sites for hydroxylation is 2. The summed E-state index contributed by atoms with van der Waals surface area (Å²) in [5, 5.41) is 7.34. The lowest BCUT2D eigenvalue weighted by atomic mass is 10.4. The number of nitrogens with two attached hydrogens (primary N) is 1. The second kappa shape index (κ2) is 5.17. The number of rotatable bonds is 4. The van der Waals surface area contributed by atoms with Gasteiger partial charge in [-0.05, 0) is 6.92 Å². The van der Waals surface area contributed by atoms with Gasteiger partial charge in [-0.15, -0.1) is 0 Å². The number of hydrazine groups is 1. The molecule has 3 aromatic heterocycles. The van der Waals surface area contributed by atoms with Crippen molar-refractivity contribution in [2.24, 2.45) is 12.9 Å². The molecule has 0 aliphatic rings. The zero-order valence-corrected chi connectivity index (χ0v) is 11.5. The normalized spacial score (nSPS) is 10.6. The van der Waals surface area contributed by atoms with E-state index >= 15 is 0 Å². The molecule has 3 heterocycles. The molecule has 0 saturated carbocycles. The van der Waals surface area contributed by atoms with Gasteiger partial charge in [-0.1, -0.05) is 0 Å². The van der Waals surface area contributed by atoms with Crippen molar-refractivity contribution in [1.82, 2.24) is 34.3 Å². The summed E-state index contributed by atoms with van der Waals surface area (Å²) in [7, 11) is 1.84. The van der Waals surface area contributed by atoms with E-state index in [1.807, 2.05) is 20.2 Å². The Kier molecular flexibility index (Phi) is 3.20. The van der Waals surface area contributed by atoms with Crippen molar-refractivity contribution in [3.8, 4) is 5.95 Å². The molecule has 0 amide bonds. The maximum Gasteiger partial charge on any atom is 0.243 e. The van der Waals surface area contributed by atoms with Crippen molar-refractivity contribution < 1.29 is 0 Å². The molecular weight excluding hydrogens is 272 g/mol. The lowest BCUT2D eigenvalue weighted by Gasteiger charge is -2.07.